The van der Waals surface area contributed by atoms with Crippen molar-refractivity contribution in [2.24, 2.45) is 11.8 Å². The van der Waals surface area contributed by atoms with Crippen LogP contribution in [0.25, 0.3) is 0 Å². The maximum Gasteiger partial charge on any atom is 0.306 e. The lowest BCUT2D eigenvalue weighted by Crippen LogP contribution is -2.64. The molecule has 13 atom stereocenters. The fourth-order valence-electron chi connectivity index (χ4n) is 9.24. The van der Waals surface area contributed by atoms with Gasteiger partial charge in [0.2, 0.25) is 0 Å². The summed E-state index contributed by atoms with van der Waals surface area (Å²) in [6.45, 7) is 2.31. The van der Waals surface area contributed by atoms with Crippen molar-refractivity contribution in [1.82, 2.24) is 0 Å². The van der Waals surface area contributed by atoms with Crippen LogP contribution in [-0.2, 0) is 38.0 Å². The van der Waals surface area contributed by atoms with Crippen LogP contribution in [0.1, 0.15) is 200 Å². The fraction of sp³-hybridized carbons (Fsp3) is 0.923. The zero-order chi connectivity index (χ0) is 48.7. The second-order valence-electron chi connectivity index (χ2n) is 19.6. The summed E-state index contributed by atoms with van der Waals surface area (Å²) < 4.78 is 34.2. The highest BCUT2D eigenvalue weighted by Gasteiger charge is 2.51. The number of allylic oxidation sites excluding steroid dienone is 2. The van der Waals surface area contributed by atoms with E-state index in [0.717, 1.165) is 69.6 Å². The van der Waals surface area contributed by atoms with Gasteiger partial charge in [-0.1, -0.05) is 154 Å². The van der Waals surface area contributed by atoms with E-state index in [4.69, 9.17) is 28.4 Å². The molecule has 2 heterocycles. The molecule has 0 aromatic carbocycles. The Morgan fingerprint density at radius 1 is 0.537 bits per heavy atom. The van der Waals surface area contributed by atoms with E-state index in [1.54, 1.807) is 0 Å². The van der Waals surface area contributed by atoms with Crippen molar-refractivity contribution in [2.75, 3.05) is 26.4 Å². The van der Waals surface area contributed by atoms with E-state index in [-0.39, 0.29) is 19.4 Å². The van der Waals surface area contributed by atoms with E-state index < -0.39 is 99.3 Å². The molecule has 0 bridgehead atoms. The molecule has 7 N–H and O–H groups in total. The van der Waals surface area contributed by atoms with Gasteiger partial charge in [0.15, 0.2) is 18.7 Å². The molecular weight excluding hydrogens is 865 g/mol. The summed E-state index contributed by atoms with van der Waals surface area (Å²) in [5, 5.41) is 72.4. The highest BCUT2D eigenvalue weighted by molar-refractivity contribution is 5.70. The van der Waals surface area contributed by atoms with Gasteiger partial charge in [-0.15, -0.1) is 0 Å². The van der Waals surface area contributed by atoms with Gasteiger partial charge in [0, 0.05) is 12.8 Å². The van der Waals surface area contributed by atoms with Crippen molar-refractivity contribution < 1.29 is 73.8 Å². The number of esters is 2. The molecule has 15 nitrogen and oxygen atoms in total. The van der Waals surface area contributed by atoms with Crippen molar-refractivity contribution in [1.29, 1.82) is 0 Å². The number of hydrogen-bond donors (Lipinski definition) is 7. The maximum atomic E-state index is 13.1. The first-order chi connectivity index (χ1) is 32.5. The van der Waals surface area contributed by atoms with Gasteiger partial charge < -0.3 is 64.2 Å². The molecule has 1 saturated carbocycles. The summed E-state index contributed by atoms with van der Waals surface area (Å²) in [7, 11) is 0. The largest absolute Gasteiger partial charge is 0.462 e. The average Bonchev–Trinajstić information content (AvgIpc) is 4.08. The smallest absolute Gasteiger partial charge is 0.306 e. The molecule has 392 valence electrons. The number of carbonyl (C=O) groups excluding carboxylic acids is 2. The Morgan fingerprint density at radius 3 is 1.54 bits per heavy atom. The molecule has 2 aliphatic heterocycles. The van der Waals surface area contributed by atoms with E-state index in [9.17, 15) is 45.3 Å². The number of aliphatic hydroxyl groups excluding tert-OH is 7. The molecule has 15 heteroatoms. The quantitative estimate of drug-likeness (QED) is 0.0182. The SMILES string of the molecule is CCCCCCCC/C=C\CCCCCCCC(=O)OC[C@H](CO[C@H]1O[C@H](CO)[C@@H](O)[C@H](O)[C@H]1O[C@H]1O[C@H](CO)[C@H](O)[C@H](O)[C@H]1O)OC(=O)CCCCCCCC1CC1CCCCCCCC. The maximum absolute atomic E-state index is 13.1. The zero-order valence-electron chi connectivity index (χ0n) is 41.4. The lowest BCUT2D eigenvalue weighted by atomic mass is 9.97. The minimum atomic E-state index is -1.83. The topological polar surface area (TPSA) is 231 Å². The minimum Gasteiger partial charge on any atom is -0.462 e. The molecule has 0 spiro atoms. The molecule has 1 aliphatic carbocycles. The number of ether oxygens (including phenoxy) is 6. The van der Waals surface area contributed by atoms with Gasteiger partial charge in [-0.2, -0.15) is 0 Å². The Morgan fingerprint density at radius 2 is 1.00 bits per heavy atom. The van der Waals surface area contributed by atoms with E-state index in [1.807, 2.05) is 0 Å². The van der Waals surface area contributed by atoms with Crippen molar-refractivity contribution >= 4 is 11.9 Å². The molecule has 0 amide bonds. The fourth-order valence-corrected chi connectivity index (χ4v) is 9.24. The number of aliphatic hydroxyl groups is 7. The van der Waals surface area contributed by atoms with Gasteiger partial charge in [0.05, 0.1) is 19.8 Å². The second kappa shape index (κ2) is 36.2. The van der Waals surface area contributed by atoms with Crippen LogP contribution in [0.15, 0.2) is 12.2 Å². The lowest BCUT2D eigenvalue weighted by molar-refractivity contribution is -0.368. The molecule has 2 saturated heterocycles. The first kappa shape index (κ1) is 59.5. The summed E-state index contributed by atoms with van der Waals surface area (Å²) in [5.74, 6) is 0.856. The number of carbonyl (C=O) groups is 2. The Bertz CT molecular complexity index is 1290. The van der Waals surface area contributed by atoms with Crippen LogP contribution in [0.3, 0.4) is 0 Å². The van der Waals surface area contributed by atoms with E-state index >= 15 is 0 Å². The monoisotopic (exact) mass is 959 g/mol. The predicted octanol–water partition coefficient (Wildman–Crippen LogP) is 7.24. The molecule has 3 aliphatic rings. The van der Waals surface area contributed by atoms with Crippen molar-refractivity contribution in [2.45, 2.75) is 268 Å². The van der Waals surface area contributed by atoms with E-state index in [0.29, 0.717) is 12.8 Å². The number of hydrogen-bond acceptors (Lipinski definition) is 15. The number of unbranched alkanes of at least 4 members (excludes halogenated alkanes) is 20. The summed E-state index contributed by atoms with van der Waals surface area (Å²) >= 11 is 0. The highest BCUT2D eigenvalue weighted by Crippen LogP contribution is 2.46. The van der Waals surface area contributed by atoms with Gasteiger partial charge in [0.1, 0.15) is 55.4 Å². The third-order valence-corrected chi connectivity index (χ3v) is 13.7. The summed E-state index contributed by atoms with van der Waals surface area (Å²) in [5.41, 5.74) is 0. The van der Waals surface area contributed by atoms with Crippen LogP contribution in [-0.4, -0.2) is 142 Å². The molecule has 0 radical (unpaired) electrons. The summed E-state index contributed by atoms with van der Waals surface area (Å²) in [6.07, 6.45) is 19.3. The Labute approximate surface area is 402 Å². The Balaban J connectivity index is 1.46. The van der Waals surface area contributed by atoms with Gasteiger partial charge in [-0.3, -0.25) is 9.59 Å². The molecule has 3 fully saturated rings. The van der Waals surface area contributed by atoms with E-state index in [1.165, 1.54) is 103 Å². The van der Waals surface area contributed by atoms with Crippen LogP contribution in [0, 0.1) is 11.8 Å². The third-order valence-electron chi connectivity index (χ3n) is 13.7. The molecular formula is C52H94O15. The van der Waals surface area contributed by atoms with Crippen molar-refractivity contribution in [3.05, 3.63) is 12.2 Å². The Kier molecular flexibility index (Phi) is 32.2. The molecule has 3 rings (SSSR count). The standard InChI is InChI=1S/C52H94O15/c1-3-5-7-9-11-12-13-14-15-16-17-18-19-23-27-31-43(55)62-36-40(64-44(56)32-28-24-20-22-26-30-39-33-38(39)29-25-21-10-8-6-4-2)37-63-52-50(48(60)46(58)42(35-54)66-52)67-51-49(61)47(59)45(57)41(34-53)65-51/h14-15,38-42,45-54,57-61H,3-13,16-37H2,1-2H3/b15-14-/t38?,39?,40-,41-,42-,45+,46-,47+,48+,49-,50-,51-,52+/m1/s1. The zero-order valence-corrected chi connectivity index (χ0v) is 41.4. The minimum absolute atomic E-state index is 0.155. The summed E-state index contributed by atoms with van der Waals surface area (Å²) in [4.78, 5) is 26.0. The third kappa shape index (κ3) is 24.3. The van der Waals surface area contributed by atoms with Crippen LogP contribution in [0.4, 0.5) is 0 Å². The van der Waals surface area contributed by atoms with Crippen LogP contribution in [0.5, 0.6) is 0 Å². The van der Waals surface area contributed by atoms with Crippen LogP contribution < -0.4 is 0 Å². The molecule has 67 heavy (non-hydrogen) atoms. The van der Waals surface area contributed by atoms with Crippen LogP contribution in [0.2, 0.25) is 0 Å². The second-order valence-corrected chi connectivity index (χ2v) is 19.6. The van der Waals surface area contributed by atoms with Crippen molar-refractivity contribution in [3.8, 4) is 0 Å². The molecule has 2 unspecified atom stereocenters. The molecule has 0 aromatic rings. The predicted molar refractivity (Wildman–Crippen MR) is 255 cm³/mol. The average molecular weight is 959 g/mol. The number of rotatable bonds is 40. The summed E-state index contributed by atoms with van der Waals surface area (Å²) in [6, 6.07) is 0. The van der Waals surface area contributed by atoms with Gasteiger partial charge in [-0.25, -0.2) is 0 Å². The first-order valence-electron chi connectivity index (χ1n) is 26.7. The highest BCUT2D eigenvalue weighted by atomic mass is 16.8. The van der Waals surface area contributed by atoms with Gasteiger partial charge in [0.25, 0.3) is 0 Å². The van der Waals surface area contributed by atoms with Crippen LogP contribution >= 0.6 is 0 Å². The van der Waals surface area contributed by atoms with Gasteiger partial charge in [-0.05, 0) is 56.8 Å². The molecule has 0 aromatic heterocycles. The normalized spacial score (nSPS) is 29.0. The lowest BCUT2D eigenvalue weighted by Gasteiger charge is -2.46. The Hall–Kier alpha value is -1.76. The van der Waals surface area contributed by atoms with E-state index in [2.05, 4.69) is 26.0 Å². The van der Waals surface area contributed by atoms with Crippen molar-refractivity contribution in [3.63, 3.8) is 0 Å². The first-order valence-corrected chi connectivity index (χ1v) is 26.7. The van der Waals surface area contributed by atoms with Gasteiger partial charge >= 0.3 is 11.9 Å².